The maximum absolute atomic E-state index is 5.34. The van der Waals surface area contributed by atoms with Crippen LogP contribution in [-0.2, 0) is 0 Å². The average Bonchev–Trinajstić information content (AvgIpc) is 2.13. The SMILES string of the molecule is CC.CCOc1ccccc1C. The highest BCUT2D eigenvalue weighted by Crippen LogP contribution is 2.15. The van der Waals surface area contributed by atoms with Crippen molar-refractivity contribution in [1.29, 1.82) is 0 Å². The molecule has 0 radical (unpaired) electrons. The first-order valence-electron chi connectivity index (χ1n) is 4.53. The van der Waals surface area contributed by atoms with Crippen LogP contribution < -0.4 is 4.74 Å². The second-order valence-corrected chi connectivity index (χ2v) is 2.20. The molecular weight excluding hydrogens is 148 g/mol. The fraction of sp³-hybridized carbons (Fsp3) is 0.455. The van der Waals surface area contributed by atoms with Crippen LogP contribution in [0, 0.1) is 6.92 Å². The van der Waals surface area contributed by atoms with Crippen molar-refractivity contribution < 1.29 is 4.74 Å². The van der Waals surface area contributed by atoms with Gasteiger partial charge < -0.3 is 4.74 Å². The molecule has 0 saturated heterocycles. The fourth-order valence-electron chi connectivity index (χ4n) is 0.874. The van der Waals surface area contributed by atoms with Crippen LogP contribution >= 0.6 is 0 Å². The zero-order chi connectivity index (χ0) is 9.40. The number of benzene rings is 1. The van der Waals surface area contributed by atoms with E-state index in [9.17, 15) is 0 Å². The van der Waals surface area contributed by atoms with Crippen LogP contribution in [0.1, 0.15) is 26.3 Å². The van der Waals surface area contributed by atoms with Crippen LogP contribution in [0.3, 0.4) is 0 Å². The summed E-state index contributed by atoms with van der Waals surface area (Å²) in [6, 6.07) is 8.03. The largest absolute Gasteiger partial charge is 0.494 e. The molecule has 1 aromatic carbocycles. The predicted molar refractivity (Wildman–Crippen MR) is 53.7 cm³/mol. The summed E-state index contributed by atoms with van der Waals surface area (Å²) >= 11 is 0. The van der Waals surface area contributed by atoms with Crippen LogP contribution in [0.4, 0.5) is 0 Å². The predicted octanol–water partition coefficient (Wildman–Crippen LogP) is 3.42. The van der Waals surface area contributed by atoms with E-state index in [0.29, 0.717) is 0 Å². The van der Waals surface area contributed by atoms with E-state index in [-0.39, 0.29) is 0 Å². The van der Waals surface area contributed by atoms with E-state index in [1.165, 1.54) is 5.56 Å². The Morgan fingerprint density at radius 3 is 2.25 bits per heavy atom. The van der Waals surface area contributed by atoms with Gasteiger partial charge in [0.15, 0.2) is 0 Å². The molecule has 0 fully saturated rings. The lowest BCUT2D eigenvalue weighted by Crippen LogP contribution is -1.92. The third-order valence-corrected chi connectivity index (χ3v) is 1.39. The summed E-state index contributed by atoms with van der Waals surface area (Å²) in [5.74, 6) is 0.991. The summed E-state index contributed by atoms with van der Waals surface area (Å²) in [7, 11) is 0. The molecule has 0 N–H and O–H groups in total. The number of para-hydroxylation sites is 1. The van der Waals surface area contributed by atoms with E-state index in [2.05, 4.69) is 0 Å². The van der Waals surface area contributed by atoms with Crippen molar-refractivity contribution >= 4 is 0 Å². The van der Waals surface area contributed by atoms with E-state index in [1.54, 1.807) is 0 Å². The van der Waals surface area contributed by atoms with E-state index >= 15 is 0 Å². The first-order chi connectivity index (χ1) is 5.84. The molecule has 0 saturated carbocycles. The lowest BCUT2D eigenvalue weighted by atomic mass is 10.2. The van der Waals surface area contributed by atoms with Crippen molar-refractivity contribution in [1.82, 2.24) is 0 Å². The molecule has 0 amide bonds. The van der Waals surface area contributed by atoms with Gasteiger partial charge in [-0.3, -0.25) is 0 Å². The van der Waals surface area contributed by atoms with Crippen LogP contribution in [0.25, 0.3) is 0 Å². The highest BCUT2D eigenvalue weighted by molar-refractivity contribution is 5.31. The number of ether oxygens (including phenoxy) is 1. The Labute approximate surface area is 75.4 Å². The highest BCUT2D eigenvalue weighted by atomic mass is 16.5. The molecule has 0 atom stereocenters. The van der Waals surface area contributed by atoms with Crippen molar-refractivity contribution in [3.05, 3.63) is 29.8 Å². The first-order valence-corrected chi connectivity index (χ1v) is 4.53. The van der Waals surface area contributed by atoms with E-state index in [0.717, 1.165) is 12.4 Å². The number of hydrogen-bond donors (Lipinski definition) is 0. The molecule has 68 valence electrons. The molecule has 0 aromatic heterocycles. The minimum atomic E-state index is 0.741. The lowest BCUT2D eigenvalue weighted by Gasteiger charge is -2.04. The molecule has 0 aliphatic carbocycles. The molecule has 0 heterocycles. The van der Waals surface area contributed by atoms with Gasteiger partial charge >= 0.3 is 0 Å². The Morgan fingerprint density at radius 2 is 1.75 bits per heavy atom. The molecule has 0 aliphatic rings. The minimum Gasteiger partial charge on any atom is -0.494 e. The van der Waals surface area contributed by atoms with Gasteiger partial charge in [0, 0.05) is 0 Å². The number of hydrogen-bond acceptors (Lipinski definition) is 1. The molecule has 1 rings (SSSR count). The fourth-order valence-corrected chi connectivity index (χ4v) is 0.874. The Kier molecular flexibility index (Phi) is 6.16. The van der Waals surface area contributed by atoms with E-state index in [4.69, 9.17) is 4.74 Å². The van der Waals surface area contributed by atoms with Gasteiger partial charge in [0.25, 0.3) is 0 Å². The third kappa shape index (κ3) is 3.42. The second kappa shape index (κ2) is 6.71. The van der Waals surface area contributed by atoms with Gasteiger partial charge in [0.1, 0.15) is 5.75 Å². The van der Waals surface area contributed by atoms with Gasteiger partial charge in [-0.15, -0.1) is 0 Å². The van der Waals surface area contributed by atoms with Crippen molar-refractivity contribution in [3.63, 3.8) is 0 Å². The van der Waals surface area contributed by atoms with Gasteiger partial charge in [-0.05, 0) is 25.5 Å². The molecule has 1 nitrogen and oxygen atoms in total. The topological polar surface area (TPSA) is 9.23 Å². The molecule has 1 heteroatoms. The van der Waals surface area contributed by atoms with Gasteiger partial charge in [-0.25, -0.2) is 0 Å². The summed E-state index contributed by atoms with van der Waals surface area (Å²) in [5, 5.41) is 0. The maximum atomic E-state index is 5.34. The molecule has 1 aromatic rings. The van der Waals surface area contributed by atoms with Crippen LogP contribution in [0.15, 0.2) is 24.3 Å². The van der Waals surface area contributed by atoms with Crippen molar-refractivity contribution in [3.8, 4) is 5.75 Å². The van der Waals surface area contributed by atoms with E-state index in [1.807, 2.05) is 52.0 Å². The van der Waals surface area contributed by atoms with Crippen molar-refractivity contribution in [2.75, 3.05) is 6.61 Å². The Bertz CT molecular complexity index is 206. The lowest BCUT2D eigenvalue weighted by molar-refractivity contribution is 0.338. The monoisotopic (exact) mass is 166 g/mol. The van der Waals surface area contributed by atoms with E-state index < -0.39 is 0 Å². The molecule has 12 heavy (non-hydrogen) atoms. The molecule has 0 unspecified atom stereocenters. The summed E-state index contributed by atoms with van der Waals surface area (Å²) in [4.78, 5) is 0. The zero-order valence-corrected chi connectivity index (χ0v) is 8.42. The van der Waals surface area contributed by atoms with Gasteiger partial charge in [0.2, 0.25) is 0 Å². The Hall–Kier alpha value is -0.980. The summed E-state index contributed by atoms with van der Waals surface area (Å²) in [6.07, 6.45) is 0. The van der Waals surface area contributed by atoms with Crippen LogP contribution in [0.5, 0.6) is 5.75 Å². The number of rotatable bonds is 2. The maximum Gasteiger partial charge on any atom is 0.122 e. The quantitative estimate of drug-likeness (QED) is 0.654. The third-order valence-electron chi connectivity index (χ3n) is 1.39. The Balaban J connectivity index is 0.000000561. The molecular formula is C11H18O. The van der Waals surface area contributed by atoms with Gasteiger partial charge in [0.05, 0.1) is 6.61 Å². The van der Waals surface area contributed by atoms with Gasteiger partial charge in [-0.2, -0.15) is 0 Å². The van der Waals surface area contributed by atoms with Crippen molar-refractivity contribution in [2.45, 2.75) is 27.7 Å². The molecule has 0 aliphatic heterocycles. The van der Waals surface area contributed by atoms with Crippen LogP contribution in [0.2, 0.25) is 0 Å². The normalized spacial score (nSPS) is 8.33. The molecule has 0 bridgehead atoms. The first kappa shape index (κ1) is 11.0. The average molecular weight is 166 g/mol. The smallest absolute Gasteiger partial charge is 0.122 e. The summed E-state index contributed by atoms with van der Waals surface area (Å²) < 4.78 is 5.34. The minimum absolute atomic E-state index is 0.741. The van der Waals surface area contributed by atoms with Crippen molar-refractivity contribution in [2.24, 2.45) is 0 Å². The Morgan fingerprint density at radius 1 is 1.17 bits per heavy atom. The standard InChI is InChI=1S/C9H12O.C2H6/c1-3-10-9-7-5-4-6-8(9)2;1-2/h4-7H,3H2,1-2H3;1-2H3. The van der Waals surface area contributed by atoms with Gasteiger partial charge in [-0.1, -0.05) is 32.0 Å². The molecule has 0 spiro atoms. The second-order valence-electron chi connectivity index (χ2n) is 2.20. The highest BCUT2D eigenvalue weighted by Gasteiger charge is 1.93. The van der Waals surface area contributed by atoms with Crippen LogP contribution in [-0.4, -0.2) is 6.61 Å². The zero-order valence-electron chi connectivity index (χ0n) is 8.42. The number of aryl methyl sites for hydroxylation is 1. The summed E-state index contributed by atoms with van der Waals surface area (Å²) in [5.41, 5.74) is 1.20. The summed E-state index contributed by atoms with van der Waals surface area (Å²) in [6.45, 7) is 8.78.